The Morgan fingerprint density at radius 3 is 2.29 bits per heavy atom. The minimum atomic E-state index is -1.06. The number of hydrogen-bond donors (Lipinski definition) is 3. The van der Waals surface area contributed by atoms with E-state index in [1.54, 1.807) is 13.8 Å². The Kier molecular flexibility index (Phi) is 6.01. The fraction of sp³-hybridized carbons (Fsp3) is 0.700. The summed E-state index contributed by atoms with van der Waals surface area (Å²) < 4.78 is 0. The van der Waals surface area contributed by atoms with Gasteiger partial charge >= 0.3 is 12.0 Å². The standard InChI is InChI=1S/C10H19N3O4/c1-4-7(9(15)16)13(3)10(17)12-6(2)5-8(11)14/h6-7H,4-5H2,1-3H3,(H2,11,14)(H,12,17)(H,15,16). The molecule has 0 bridgehead atoms. The zero-order chi connectivity index (χ0) is 13.6. The van der Waals surface area contributed by atoms with E-state index in [2.05, 4.69) is 5.32 Å². The molecule has 0 fully saturated rings. The van der Waals surface area contributed by atoms with E-state index in [1.807, 2.05) is 0 Å². The van der Waals surface area contributed by atoms with Crippen molar-refractivity contribution in [3.8, 4) is 0 Å². The summed E-state index contributed by atoms with van der Waals surface area (Å²) in [7, 11) is 1.40. The van der Waals surface area contributed by atoms with Crippen molar-refractivity contribution >= 4 is 17.9 Å². The molecule has 2 atom stereocenters. The summed E-state index contributed by atoms with van der Waals surface area (Å²) in [5, 5.41) is 11.4. The monoisotopic (exact) mass is 245 g/mol. The van der Waals surface area contributed by atoms with Gasteiger partial charge in [0.05, 0.1) is 0 Å². The SMILES string of the molecule is CCC(C(=O)O)N(C)C(=O)NC(C)CC(N)=O. The first-order chi connectivity index (χ1) is 7.79. The van der Waals surface area contributed by atoms with Crippen LogP contribution in [0.4, 0.5) is 4.79 Å². The number of rotatable bonds is 6. The number of urea groups is 1. The number of primary amides is 1. The van der Waals surface area contributed by atoms with Gasteiger partial charge in [0, 0.05) is 19.5 Å². The third-order valence-corrected chi connectivity index (χ3v) is 2.34. The van der Waals surface area contributed by atoms with Crippen LogP contribution in [0.15, 0.2) is 0 Å². The van der Waals surface area contributed by atoms with Gasteiger partial charge in [-0.25, -0.2) is 9.59 Å². The topological polar surface area (TPSA) is 113 Å². The van der Waals surface area contributed by atoms with Crippen LogP contribution in [0.3, 0.4) is 0 Å². The van der Waals surface area contributed by atoms with Crippen LogP contribution in [0.25, 0.3) is 0 Å². The quantitative estimate of drug-likeness (QED) is 0.599. The molecule has 0 aliphatic carbocycles. The predicted molar refractivity (Wildman–Crippen MR) is 61.3 cm³/mol. The van der Waals surface area contributed by atoms with Gasteiger partial charge in [-0.3, -0.25) is 4.79 Å². The number of aliphatic carboxylic acids is 1. The van der Waals surface area contributed by atoms with Gasteiger partial charge in [-0.2, -0.15) is 0 Å². The third-order valence-electron chi connectivity index (χ3n) is 2.34. The molecule has 0 aromatic heterocycles. The van der Waals surface area contributed by atoms with Crippen LogP contribution in [0.1, 0.15) is 26.7 Å². The molecule has 0 aromatic carbocycles. The summed E-state index contributed by atoms with van der Waals surface area (Å²) in [5.41, 5.74) is 4.98. The second-order valence-electron chi connectivity index (χ2n) is 3.89. The van der Waals surface area contributed by atoms with Gasteiger partial charge < -0.3 is 21.1 Å². The smallest absolute Gasteiger partial charge is 0.326 e. The molecule has 98 valence electrons. The lowest BCUT2D eigenvalue weighted by Crippen LogP contribution is -2.49. The first-order valence-corrected chi connectivity index (χ1v) is 5.34. The van der Waals surface area contributed by atoms with E-state index in [9.17, 15) is 14.4 Å². The molecule has 0 aliphatic rings. The summed E-state index contributed by atoms with van der Waals surface area (Å²) in [6, 6.07) is -1.84. The average Bonchev–Trinajstić information content (AvgIpc) is 2.16. The van der Waals surface area contributed by atoms with Crippen LogP contribution < -0.4 is 11.1 Å². The molecule has 17 heavy (non-hydrogen) atoms. The van der Waals surface area contributed by atoms with E-state index in [1.165, 1.54) is 7.05 Å². The third kappa shape index (κ3) is 5.19. The van der Waals surface area contributed by atoms with Crippen molar-refractivity contribution in [3.05, 3.63) is 0 Å². The number of carbonyl (C=O) groups excluding carboxylic acids is 2. The highest BCUT2D eigenvalue weighted by molar-refractivity contribution is 5.83. The lowest BCUT2D eigenvalue weighted by molar-refractivity contribution is -0.141. The number of nitrogens with zero attached hydrogens (tertiary/aromatic N) is 1. The highest BCUT2D eigenvalue weighted by Gasteiger charge is 2.25. The number of likely N-dealkylation sites (N-methyl/N-ethyl adjacent to an activating group) is 1. The normalized spacial score (nSPS) is 13.6. The van der Waals surface area contributed by atoms with Crippen molar-refractivity contribution in [1.82, 2.24) is 10.2 Å². The predicted octanol–water partition coefficient (Wildman–Crippen LogP) is -0.245. The molecule has 0 spiro atoms. The van der Waals surface area contributed by atoms with Crippen LogP contribution in [-0.4, -0.2) is 47.0 Å². The lowest BCUT2D eigenvalue weighted by Gasteiger charge is -2.25. The van der Waals surface area contributed by atoms with E-state index in [-0.39, 0.29) is 6.42 Å². The maximum atomic E-state index is 11.6. The van der Waals surface area contributed by atoms with Gasteiger partial charge in [0.1, 0.15) is 6.04 Å². The number of hydrogen-bond acceptors (Lipinski definition) is 3. The van der Waals surface area contributed by atoms with Gasteiger partial charge in [0.2, 0.25) is 5.91 Å². The molecule has 7 nitrogen and oxygen atoms in total. The molecule has 0 rings (SSSR count). The summed E-state index contributed by atoms with van der Waals surface area (Å²) in [6.45, 7) is 3.30. The van der Waals surface area contributed by atoms with E-state index < -0.39 is 30.0 Å². The van der Waals surface area contributed by atoms with Gasteiger partial charge in [0.25, 0.3) is 0 Å². The largest absolute Gasteiger partial charge is 0.480 e. The number of amides is 3. The first kappa shape index (κ1) is 15.2. The van der Waals surface area contributed by atoms with E-state index in [4.69, 9.17) is 10.8 Å². The number of carbonyl (C=O) groups is 3. The minimum Gasteiger partial charge on any atom is -0.480 e. The molecule has 2 unspecified atom stereocenters. The fourth-order valence-electron chi connectivity index (χ4n) is 1.42. The Morgan fingerprint density at radius 1 is 1.41 bits per heavy atom. The second kappa shape index (κ2) is 6.72. The van der Waals surface area contributed by atoms with Gasteiger partial charge in [-0.05, 0) is 13.3 Å². The number of carboxylic acids is 1. The average molecular weight is 245 g/mol. The van der Waals surface area contributed by atoms with Gasteiger partial charge in [-0.15, -0.1) is 0 Å². The molecule has 0 heterocycles. The Bertz CT molecular complexity index is 306. The van der Waals surface area contributed by atoms with E-state index in [0.29, 0.717) is 6.42 Å². The number of nitrogens with one attached hydrogen (secondary N) is 1. The summed E-state index contributed by atoms with van der Waals surface area (Å²) in [6.07, 6.45) is 0.326. The number of nitrogens with two attached hydrogens (primary N) is 1. The molecule has 3 amide bonds. The molecule has 4 N–H and O–H groups in total. The Hall–Kier alpha value is -1.79. The second-order valence-corrected chi connectivity index (χ2v) is 3.89. The molecular weight excluding hydrogens is 226 g/mol. The van der Waals surface area contributed by atoms with Crippen molar-refractivity contribution in [2.24, 2.45) is 5.73 Å². The molecule has 0 aromatic rings. The van der Waals surface area contributed by atoms with E-state index in [0.717, 1.165) is 4.90 Å². The van der Waals surface area contributed by atoms with E-state index >= 15 is 0 Å². The Balaban J connectivity index is 4.39. The molecule has 0 radical (unpaired) electrons. The van der Waals surface area contributed by atoms with Crippen molar-refractivity contribution < 1.29 is 19.5 Å². The zero-order valence-corrected chi connectivity index (χ0v) is 10.3. The molecular formula is C10H19N3O4. The van der Waals surface area contributed by atoms with Gasteiger partial charge in [0.15, 0.2) is 0 Å². The van der Waals surface area contributed by atoms with Crippen LogP contribution >= 0.6 is 0 Å². The lowest BCUT2D eigenvalue weighted by atomic mass is 10.2. The van der Waals surface area contributed by atoms with Crippen LogP contribution in [-0.2, 0) is 9.59 Å². The summed E-state index contributed by atoms with van der Waals surface area (Å²) in [5.74, 6) is -1.58. The van der Waals surface area contributed by atoms with Crippen molar-refractivity contribution in [3.63, 3.8) is 0 Å². The summed E-state index contributed by atoms with van der Waals surface area (Å²) in [4.78, 5) is 34.2. The van der Waals surface area contributed by atoms with Crippen LogP contribution in [0.5, 0.6) is 0 Å². The highest BCUT2D eigenvalue weighted by atomic mass is 16.4. The van der Waals surface area contributed by atoms with Crippen molar-refractivity contribution in [2.75, 3.05) is 7.05 Å². The van der Waals surface area contributed by atoms with Crippen molar-refractivity contribution in [2.45, 2.75) is 38.8 Å². The minimum absolute atomic E-state index is 0.0173. The fourth-order valence-corrected chi connectivity index (χ4v) is 1.42. The number of carboxylic acid groups (broad SMARTS) is 1. The summed E-state index contributed by atoms with van der Waals surface area (Å²) >= 11 is 0. The first-order valence-electron chi connectivity index (χ1n) is 5.34. The highest BCUT2D eigenvalue weighted by Crippen LogP contribution is 2.03. The maximum Gasteiger partial charge on any atom is 0.326 e. The van der Waals surface area contributed by atoms with Gasteiger partial charge in [-0.1, -0.05) is 6.92 Å². The molecule has 0 aliphatic heterocycles. The zero-order valence-electron chi connectivity index (χ0n) is 10.3. The molecule has 7 heteroatoms. The van der Waals surface area contributed by atoms with Crippen molar-refractivity contribution in [1.29, 1.82) is 0 Å². The molecule has 0 saturated carbocycles. The Morgan fingerprint density at radius 2 is 1.94 bits per heavy atom. The molecule has 0 saturated heterocycles. The maximum absolute atomic E-state index is 11.6. The Labute approximate surface area is 100.0 Å². The van der Waals surface area contributed by atoms with Crippen LogP contribution in [0.2, 0.25) is 0 Å². The van der Waals surface area contributed by atoms with Crippen LogP contribution in [0, 0.1) is 0 Å².